The van der Waals surface area contributed by atoms with E-state index in [0.717, 1.165) is 43.1 Å². The number of aryl methyl sites for hydroxylation is 2. The number of nitrogens with zero attached hydrogens (tertiary/aromatic N) is 2. The molecule has 6 nitrogen and oxygen atoms in total. The molecule has 0 aliphatic carbocycles. The van der Waals surface area contributed by atoms with Gasteiger partial charge in [-0.25, -0.2) is 4.79 Å². The van der Waals surface area contributed by atoms with Crippen LogP contribution in [-0.2, 0) is 13.2 Å². The average Bonchev–Trinajstić information content (AvgIpc) is 3.05. The Morgan fingerprint density at radius 2 is 1.81 bits per heavy atom. The van der Waals surface area contributed by atoms with Gasteiger partial charge in [-0.2, -0.15) is 0 Å². The molecule has 0 fully saturated rings. The minimum absolute atomic E-state index is 0. The molecule has 0 bridgehead atoms. The predicted molar refractivity (Wildman–Crippen MR) is 119 cm³/mol. The van der Waals surface area contributed by atoms with Crippen LogP contribution in [0.2, 0.25) is 5.02 Å². The zero-order valence-corrected chi connectivity index (χ0v) is 20.8. The van der Waals surface area contributed by atoms with Crippen molar-refractivity contribution in [2.45, 2.75) is 27.0 Å². The third-order valence-electron chi connectivity index (χ3n) is 5.05. The summed E-state index contributed by atoms with van der Waals surface area (Å²) in [6.07, 6.45) is 0. The van der Waals surface area contributed by atoms with Gasteiger partial charge in [-0.3, -0.25) is 9.53 Å². The van der Waals surface area contributed by atoms with Gasteiger partial charge in [0.15, 0.2) is 5.69 Å². The van der Waals surface area contributed by atoms with E-state index in [1.54, 1.807) is 0 Å². The molecule has 4 aromatic rings. The summed E-state index contributed by atoms with van der Waals surface area (Å²) in [5, 5.41) is 0.723. The van der Waals surface area contributed by atoms with E-state index in [4.69, 9.17) is 20.9 Å². The Hall–Kier alpha value is -2.51. The van der Waals surface area contributed by atoms with Crippen molar-refractivity contribution in [2.75, 3.05) is 0 Å². The van der Waals surface area contributed by atoms with Crippen molar-refractivity contribution in [2.24, 2.45) is 0 Å². The first kappa shape index (κ1) is 24.1. The van der Waals surface area contributed by atoms with Gasteiger partial charge in [0.2, 0.25) is 0 Å². The van der Waals surface area contributed by atoms with E-state index in [0.29, 0.717) is 12.4 Å². The fraction of sp³-hybridized carbons (Fsp3) is 0.167. The molecular formula is C24H20ClN2NaO4. The smallest absolute Gasteiger partial charge is 0.489 e. The SMILES string of the molecule is Cc1cc(OCc2cccc(-c3ccc(Cl)cc3C)c2)ccc1Cn1oc(=O)[n-]c1=O.[Na+]. The molecule has 0 spiro atoms. The molecule has 0 atom stereocenters. The van der Waals surface area contributed by atoms with Crippen LogP contribution in [0.25, 0.3) is 11.1 Å². The molecule has 1 aromatic heterocycles. The zero-order chi connectivity index (χ0) is 22.0. The second kappa shape index (κ2) is 10.4. The van der Waals surface area contributed by atoms with E-state index in [-0.39, 0.29) is 36.1 Å². The first-order chi connectivity index (χ1) is 14.9. The van der Waals surface area contributed by atoms with Gasteiger partial charge in [0.25, 0.3) is 0 Å². The van der Waals surface area contributed by atoms with Gasteiger partial charge in [0.05, 0.1) is 0 Å². The molecule has 3 aromatic carbocycles. The van der Waals surface area contributed by atoms with E-state index in [1.165, 1.54) is 0 Å². The van der Waals surface area contributed by atoms with E-state index < -0.39 is 11.4 Å². The third-order valence-corrected chi connectivity index (χ3v) is 5.28. The fourth-order valence-corrected chi connectivity index (χ4v) is 3.65. The standard InChI is InChI=1S/C24H21ClN2O4.Na/c1-15-11-21(8-6-19(15)13-27-23(28)26-24(29)31-27)30-14-17-4-3-5-18(12-17)22-9-7-20(25)10-16(22)2;/h3-12H,13-14H2,1-2H3,(H,26,28,29);/q;+1/p-1. The van der Waals surface area contributed by atoms with Crippen molar-refractivity contribution < 1.29 is 38.8 Å². The molecular weight excluding hydrogens is 439 g/mol. The van der Waals surface area contributed by atoms with Crippen LogP contribution in [-0.4, -0.2) is 4.74 Å². The summed E-state index contributed by atoms with van der Waals surface area (Å²) in [7, 11) is 0. The summed E-state index contributed by atoms with van der Waals surface area (Å²) in [5.74, 6) is -0.178. The molecule has 158 valence electrons. The maximum Gasteiger partial charge on any atom is 1.00 e. The van der Waals surface area contributed by atoms with Crippen LogP contribution < -0.4 is 50.7 Å². The Morgan fingerprint density at radius 1 is 1.00 bits per heavy atom. The Morgan fingerprint density at radius 3 is 2.50 bits per heavy atom. The number of hydrogen-bond acceptors (Lipinski definition) is 4. The van der Waals surface area contributed by atoms with Crippen LogP contribution in [0.3, 0.4) is 0 Å². The van der Waals surface area contributed by atoms with Gasteiger partial charge in [-0.1, -0.05) is 41.9 Å². The minimum Gasteiger partial charge on any atom is -0.489 e. The van der Waals surface area contributed by atoms with Gasteiger partial charge >= 0.3 is 35.3 Å². The van der Waals surface area contributed by atoms with E-state index >= 15 is 0 Å². The molecule has 0 radical (unpaired) electrons. The van der Waals surface area contributed by atoms with Gasteiger partial charge in [-0.05, 0) is 77.6 Å². The number of hydrogen-bond donors (Lipinski definition) is 0. The Balaban J connectivity index is 0.00000289. The quantitative estimate of drug-likeness (QED) is 0.407. The minimum atomic E-state index is -0.890. The second-order valence-electron chi connectivity index (χ2n) is 7.32. The van der Waals surface area contributed by atoms with Crippen LogP contribution in [0.4, 0.5) is 0 Å². The third kappa shape index (κ3) is 5.64. The monoisotopic (exact) mass is 458 g/mol. The van der Waals surface area contributed by atoms with Crippen LogP contribution in [0.15, 0.2) is 74.8 Å². The van der Waals surface area contributed by atoms with Crippen molar-refractivity contribution >= 4 is 11.6 Å². The van der Waals surface area contributed by atoms with E-state index in [9.17, 15) is 9.59 Å². The number of aromatic nitrogens is 2. The molecule has 4 rings (SSSR count). The first-order valence-electron chi connectivity index (χ1n) is 9.72. The zero-order valence-electron chi connectivity index (χ0n) is 18.1. The number of rotatable bonds is 6. The molecule has 0 N–H and O–H groups in total. The van der Waals surface area contributed by atoms with Crippen LogP contribution in [0, 0.1) is 13.8 Å². The van der Waals surface area contributed by atoms with Crippen molar-refractivity contribution in [3.8, 4) is 16.9 Å². The van der Waals surface area contributed by atoms with E-state index in [2.05, 4.69) is 17.1 Å². The topological polar surface area (TPSA) is 75.5 Å². The summed E-state index contributed by atoms with van der Waals surface area (Å²) in [6, 6.07) is 19.6. The predicted octanol–water partition coefficient (Wildman–Crippen LogP) is 1.33. The molecule has 32 heavy (non-hydrogen) atoms. The van der Waals surface area contributed by atoms with Crippen molar-refractivity contribution in [1.29, 1.82) is 0 Å². The molecule has 0 amide bonds. The van der Waals surface area contributed by atoms with Crippen molar-refractivity contribution in [3.05, 3.63) is 109 Å². The summed E-state index contributed by atoms with van der Waals surface area (Å²) in [6.45, 7) is 4.51. The average molecular weight is 459 g/mol. The summed E-state index contributed by atoms with van der Waals surface area (Å²) in [4.78, 5) is 25.9. The largest absolute Gasteiger partial charge is 1.00 e. The van der Waals surface area contributed by atoms with Crippen molar-refractivity contribution in [1.82, 2.24) is 9.72 Å². The Bertz CT molecular complexity index is 1360. The molecule has 0 aliphatic heterocycles. The molecule has 0 unspecified atom stereocenters. The van der Waals surface area contributed by atoms with Crippen LogP contribution >= 0.6 is 11.6 Å². The molecule has 0 saturated heterocycles. The van der Waals surface area contributed by atoms with Gasteiger partial charge in [0, 0.05) is 11.6 Å². The summed E-state index contributed by atoms with van der Waals surface area (Å²) >= 11 is 6.07. The normalized spacial score (nSPS) is 10.6. The van der Waals surface area contributed by atoms with Gasteiger partial charge in [-0.15, -0.1) is 0 Å². The summed E-state index contributed by atoms with van der Waals surface area (Å²) < 4.78 is 11.7. The number of benzene rings is 3. The van der Waals surface area contributed by atoms with Crippen molar-refractivity contribution in [3.63, 3.8) is 0 Å². The first-order valence-corrected chi connectivity index (χ1v) is 10.1. The molecule has 1 heterocycles. The maximum absolute atomic E-state index is 11.6. The summed E-state index contributed by atoms with van der Waals surface area (Å²) in [5.41, 5.74) is 5.47. The van der Waals surface area contributed by atoms with E-state index in [1.807, 2.05) is 62.4 Å². The molecule has 8 heteroatoms. The Labute approximate surface area is 212 Å². The molecule has 0 aliphatic rings. The number of ether oxygens (including phenoxy) is 1. The van der Waals surface area contributed by atoms with Gasteiger partial charge < -0.3 is 14.2 Å². The number of halogens is 1. The Kier molecular flexibility index (Phi) is 7.85. The van der Waals surface area contributed by atoms with Crippen LogP contribution in [0.1, 0.15) is 22.3 Å². The van der Waals surface area contributed by atoms with Crippen LogP contribution in [0.5, 0.6) is 5.75 Å². The maximum atomic E-state index is 11.6. The molecule has 0 saturated carbocycles. The van der Waals surface area contributed by atoms with Gasteiger partial charge in [0.1, 0.15) is 12.4 Å². The fourth-order valence-electron chi connectivity index (χ4n) is 3.42. The second-order valence-corrected chi connectivity index (χ2v) is 7.76.